The fourth-order valence-electron chi connectivity index (χ4n) is 2.97. The lowest BCUT2D eigenvalue weighted by atomic mass is 10.2. The molecular weight excluding hydrogens is 348 g/mol. The van der Waals surface area contributed by atoms with Gasteiger partial charge in [-0.2, -0.15) is 4.31 Å². The predicted octanol–water partition coefficient (Wildman–Crippen LogP) is -0.603. The molecule has 2 fully saturated rings. The molecule has 1 saturated heterocycles. The van der Waals surface area contributed by atoms with Crippen molar-refractivity contribution >= 4 is 22.0 Å². The van der Waals surface area contributed by atoms with E-state index in [0.29, 0.717) is 26.3 Å². The van der Waals surface area contributed by atoms with E-state index in [1.165, 1.54) is 4.31 Å². The van der Waals surface area contributed by atoms with Crippen molar-refractivity contribution in [2.45, 2.75) is 38.1 Å². The Balaban J connectivity index is 1.55. The fraction of sp³-hybridized carbons (Fsp3) is 0.867. The van der Waals surface area contributed by atoms with E-state index in [1.54, 1.807) is 0 Å². The Morgan fingerprint density at radius 3 is 2.36 bits per heavy atom. The molecule has 144 valence electrons. The predicted molar refractivity (Wildman–Crippen MR) is 92.6 cm³/mol. The van der Waals surface area contributed by atoms with Crippen LogP contribution in [0, 0.1) is 0 Å². The average molecular weight is 376 g/mol. The van der Waals surface area contributed by atoms with Gasteiger partial charge in [-0.3, -0.25) is 4.79 Å². The highest BCUT2D eigenvalue weighted by Gasteiger charge is 2.24. The number of carbonyl (C=O) groups is 2. The third-order valence-electron chi connectivity index (χ3n) is 4.37. The minimum Gasteiger partial charge on any atom is -0.379 e. The van der Waals surface area contributed by atoms with Crippen LogP contribution in [0.4, 0.5) is 4.79 Å². The Kier molecular flexibility index (Phi) is 7.91. The van der Waals surface area contributed by atoms with Crippen LogP contribution < -0.4 is 16.0 Å². The van der Waals surface area contributed by atoms with Gasteiger partial charge in [0.05, 0.1) is 19.0 Å². The van der Waals surface area contributed by atoms with Crippen LogP contribution in [0.25, 0.3) is 0 Å². The maximum Gasteiger partial charge on any atom is 0.314 e. The molecule has 1 heterocycles. The van der Waals surface area contributed by atoms with Crippen LogP contribution in [-0.2, 0) is 19.6 Å². The minimum absolute atomic E-state index is 0.0276. The third kappa shape index (κ3) is 7.17. The van der Waals surface area contributed by atoms with E-state index in [9.17, 15) is 18.0 Å². The maximum absolute atomic E-state index is 12.1. The van der Waals surface area contributed by atoms with Gasteiger partial charge < -0.3 is 20.7 Å². The standard InChI is InChI=1S/C15H28N4O5S/c20-14(18-13-3-1-2-4-13)5-6-16-15(21)17-7-12-25(22,23)19-8-10-24-11-9-19/h13H,1-12H2,(H,18,20)(H2,16,17,21). The molecule has 0 bridgehead atoms. The third-order valence-corrected chi connectivity index (χ3v) is 6.24. The van der Waals surface area contributed by atoms with Crippen molar-refractivity contribution in [3.63, 3.8) is 0 Å². The van der Waals surface area contributed by atoms with Gasteiger partial charge in [-0.1, -0.05) is 12.8 Å². The molecule has 0 aromatic rings. The molecule has 0 unspecified atom stereocenters. The molecular formula is C15H28N4O5S. The van der Waals surface area contributed by atoms with Crippen LogP contribution in [0.15, 0.2) is 0 Å². The topological polar surface area (TPSA) is 117 Å². The second kappa shape index (κ2) is 9.93. The zero-order valence-corrected chi connectivity index (χ0v) is 15.3. The molecule has 10 heteroatoms. The second-order valence-corrected chi connectivity index (χ2v) is 8.40. The van der Waals surface area contributed by atoms with Crippen LogP contribution in [0.5, 0.6) is 0 Å². The highest BCUT2D eigenvalue weighted by Crippen LogP contribution is 2.17. The Hall–Kier alpha value is -1.39. The summed E-state index contributed by atoms with van der Waals surface area (Å²) in [5.74, 6) is -0.218. The summed E-state index contributed by atoms with van der Waals surface area (Å²) in [5, 5.41) is 8.02. The zero-order valence-electron chi connectivity index (χ0n) is 14.5. The SMILES string of the molecule is O=C(CCNC(=O)NCCS(=O)(=O)N1CCOCC1)NC1CCCC1. The van der Waals surface area contributed by atoms with Gasteiger partial charge in [0.25, 0.3) is 0 Å². The van der Waals surface area contributed by atoms with E-state index in [-0.39, 0.29) is 37.2 Å². The lowest BCUT2D eigenvalue weighted by Crippen LogP contribution is -2.45. The molecule has 0 atom stereocenters. The number of ether oxygens (including phenoxy) is 1. The second-order valence-electron chi connectivity index (χ2n) is 6.31. The van der Waals surface area contributed by atoms with Crippen LogP contribution >= 0.6 is 0 Å². The fourth-order valence-corrected chi connectivity index (χ4v) is 4.29. The van der Waals surface area contributed by atoms with E-state index in [1.807, 2.05) is 0 Å². The van der Waals surface area contributed by atoms with Gasteiger partial charge in [-0.05, 0) is 12.8 Å². The number of urea groups is 1. The van der Waals surface area contributed by atoms with Crippen molar-refractivity contribution in [2.24, 2.45) is 0 Å². The van der Waals surface area contributed by atoms with Gasteiger partial charge in [0, 0.05) is 38.6 Å². The Bertz CT molecular complexity index is 542. The molecule has 2 rings (SSSR count). The van der Waals surface area contributed by atoms with Gasteiger partial charge in [0.1, 0.15) is 0 Å². The zero-order chi connectivity index (χ0) is 18.1. The van der Waals surface area contributed by atoms with E-state index in [4.69, 9.17) is 4.74 Å². The first-order chi connectivity index (χ1) is 12.0. The Labute approximate surface area is 148 Å². The number of morpholine rings is 1. The van der Waals surface area contributed by atoms with E-state index >= 15 is 0 Å². The smallest absolute Gasteiger partial charge is 0.314 e. The first-order valence-electron chi connectivity index (χ1n) is 8.84. The number of amides is 3. The van der Waals surface area contributed by atoms with E-state index < -0.39 is 16.1 Å². The van der Waals surface area contributed by atoms with Crippen molar-refractivity contribution in [3.05, 3.63) is 0 Å². The van der Waals surface area contributed by atoms with Crippen LogP contribution in [0.2, 0.25) is 0 Å². The molecule has 0 spiro atoms. The van der Waals surface area contributed by atoms with Gasteiger partial charge in [0.15, 0.2) is 0 Å². The molecule has 2 aliphatic rings. The summed E-state index contributed by atoms with van der Waals surface area (Å²) in [6, 6.07) is -0.197. The number of rotatable bonds is 8. The summed E-state index contributed by atoms with van der Waals surface area (Å²) in [7, 11) is -3.38. The number of nitrogens with one attached hydrogen (secondary N) is 3. The van der Waals surface area contributed by atoms with Crippen molar-refractivity contribution in [1.82, 2.24) is 20.3 Å². The summed E-state index contributed by atoms with van der Waals surface area (Å²) < 4.78 is 30.7. The van der Waals surface area contributed by atoms with Crippen LogP contribution in [0.3, 0.4) is 0 Å². The summed E-state index contributed by atoms with van der Waals surface area (Å²) >= 11 is 0. The largest absolute Gasteiger partial charge is 0.379 e. The number of nitrogens with zero attached hydrogens (tertiary/aromatic N) is 1. The number of hydrogen-bond donors (Lipinski definition) is 3. The van der Waals surface area contributed by atoms with E-state index in [0.717, 1.165) is 25.7 Å². The summed E-state index contributed by atoms with van der Waals surface area (Å²) in [6.07, 6.45) is 4.57. The highest BCUT2D eigenvalue weighted by molar-refractivity contribution is 7.89. The lowest BCUT2D eigenvalue weighted by molar-refractivity contribution is -0.121. The molecule has 0 radical (unpaired) electrons. The Morgan fingerprint density at radius 2 is 1.68 bits per heavy atom. The van der Waals surface area contributed by atoms with Gasteiger partial charge in [-0.25, -0.2) is 13.2 Å². The normalized spacial score (nSPS) is 19.5. The molecule has 0 aromatic carbocycles. The first kappa shape index (κ1) is 19.9. The molecule has 3 N–H and O–H groups in total. The Morgan fingerprint density at radius 1 is 1.04 bits per heavy atom. The minimum atomic E-state index is -3.38. The van der Waals surface area contributed by atoms with Crippen molar-refractivity contribution in [3.8, 4) is 0 Å². The number of hydrogen-bond acceptors (Lipinski definition) is 5. The highest BCUT2D eigenvalue weighted by atomic mass is 32.2. The van der Waals surface area contributed by atoms with Gasteiger partial charge in [-0.15, -0.1) is 0 Å². The summed E-state index contributed by atoms with van der Waals surface area (Å²) in [5.41, 5.74) is 0. The van der Waals surface area contributed by atoms with Crippen molar-refractivity contribution < 1.29 is 22.7 Å². The lowest BCUT2D eigenvalue weighted by Gasteiger charge is -2.26. The summed E-state index contributed by atoms with van der Waals surface area (Å²) in [4.78, 5) is 23.4. The van der Waals surface area contributed by atoms with Crippen molar-refractivity contribution in [2.75, 3.05) is 45.1 Å². The molecule has 0 aromatic heterocycles. The molecule has 25 heavy (non-hydrogen) atoms. The van der Waals surface area contributed by atoms with Crippen LogP contribution in [-0.4, -0.2) is 75.8 Å². The first-order valence-corrected chi connectivity index (χ1v) is 10.4. The molecule has 1 aliphatic heterocycles. The quantitative estimate of drug-likeness (QED) is 0.523. The number of carbonyl (C=O) groups excluding carboxylic acids is 2. The number of sulfonamides is 1. The molecule has 1 aliphatic carbocycles. The van der Waals surface area contributed by atoms with Crippen molar-refractivity contribution in [1.29, 1.82) is 0 Å². The van der Waals surface area contributed by atoms with Crippen LogP contribution in [0.1, 0.15) is 32.1 Å². The summed E-state index contributed by atoms with van der Waals surface area (Å²) in [6.45, 7) is 1.75. The molecule has 1 saturated carbocycles. The molecule has 9 nitrogen and oxygen atoms in total. The average Bonchev–Trinajstić information content (AvgIpc) is 3.08. The van der Waals surface area contributed by atoms with Gasteiger partial charge >= 0.3 is 6.03 Å². The van der Waals surface area contributed by atoms with E-state index in [2.05, 4.69) is 16.0 Å². The monoisotopic (exact) mass is 376 g/mol. The maximum atomic E-state index is 12.1. The molecule has 3 amide bonds. The van der Waals surface area contributed by atoms with Gasteiger partial charge in [0.2, 0.25) is 15.9 Å².